The van der Waals surface area contributed by atoms with E-state index in [-0.39, 0.29) is 5.91 Å². The molecule has 0 aliphatic heterocycles. The summed E-state index contributed by atoms with van der Waals surface area (Å²) >= 11 is 1.11. The van der Waals surface area contributed by atoms with Gasteiger partial charge in [0.2, 0.25) is 0 Å². The predicted molar refractivity (Wildman–Crippen MR) is 114 cm³/mol. The highest BCUT2D eigenvalue weighted by atomic mass is 32.1. The molecule has 8 heteroatoms. The van der Waals surface area contributed by atoms with E-state index in [1.165, 1.54) is 0 Å². The lowest BCUT2D eigenvalue weighted by atomic mass is 10.1. The van der Waals surface area contributed by atoms with Crippen molar-refractivity contribution in [2.24, 2.45) is 0 Å². The second-order valence-corrected chi connectivity index (χ2v) is 7.52. The molecule has 0 bridgehead atoms. The molecule has 0 aliphatic carbocycles. The van der Waals surface area contributed by atoms with Crippen LogP contribution in [0, 0.1) is 6.92 Å². The third kappa shape index (κ3) is 3.84. The van der Waals surface area contributed by atoms with Gasteiger partial charge in [0.1, 0.15) is 16.3 Å². The largest absolute Gasteiger partial charge is 0.495 e. The fourth-order valence-electron chi connectivity index (χ4n) is 3.15. The molecular formula is C21H21N5O2S. The van der Waals surface area contributed by atoms with Crippen LogP contribution in [0.15, 0.2) is 42.7 Å². The number of fused-ring (bicyclic) bond motifs is 1. The van der Waals surface area contributed by atoms with Gasteiger partial charge in [-0.2, -0.15) is 0 Å². The van der Waals surface area contributed by atoms with E-state index in [4.69, 9.17) is 9.72 Å². The summed E-state index contributed by atoms with van der Waals surface area (Å²) in [5.41, 5.74) is 5.04. The van der Waals surface area contributed by atoms with Gasteiger partial charge in [0.15, 0.2) is 0 Å². The van der Waals surface area contributed by atoms with Crippen LogP contribution in [-0.4, -0.2) is 32.0 Å². The summed E-state index contributed by atoms with van der Waals surface area (Å²) in [4.78, 5) is 18.0. The quantitative estimate of drug-likeness (QED) is 0.513. The number of imidazole rings is 1. The van der Waals surface area contributed by atoms with Crippen LogP contribution < -0.4 is 10.1 Å². The van der Waals surface area contributed by atoms with Crippen LogP contribution >= 0.6 is 11.5 Å². The Bertz CT molecular complexity index is 1180. The summed E-state index contributed by atoms with van der Waals surface area (Å²) in [5, 5.41) is 7.02. The fraction of sp³-hybridized carbons (Fsp3) is 0.238. The van der Waals surface area contributed by atoms with Gasteiger partial charge in [-0.1, -0.05) is 17.8 Å². The third-order valence-electron chi connectivity index (χ3n) is 4.61. The Kier molecular flexibility index (Phi) is 5.26. The first-order valence-electron chi connectivity index (χ1n) is 9.35. The van der Waals surface area contributed by atoms with Crippen molar-refractivity contribution in [3.63, 3.8) is 0 Å². The number of pyridine rings is 1. The van der Waals surface area contributed by atoms with Crippen molar-refractivity contribution in [2.75, 3.05) is 12.4 Å². The summed E-state index contributed by atoms with van der Waals surface area (Å²) in [6.45, 7) is 4.08. The van der Waals surface area contributed by atoms with Gasteiger partial charge in [0, 0.05) is 18.0 Å². The number of rotatable bonds is 6. The zero-order valence-corrected chi connectivity index (χ0v) is 17.3. The molecule has 0 radical (unpaired) electrons. The van der Waals surface area contributed by atoms with Gasteiger partial charge in [-0.05, 0) is 60.8 Å². The van der Waals surface area contributed by atoms with Gasteiger partial charge in [-0.25, -0.2) is 4.98 Å². The van der Waals surface area contributed by atoms with Crippen LogP contribution in [0.1, 0.15) is 34.3 Å². The lowest BCUT2D eigenvalue weighted by molar-refractivity contribution is 0.102. The van der Waals surface area contributed by atoms with E-state index in [1.54, 1.807) is 7.11 Å². The van der Waals surface area contributed by atoms with E-state index in [0.29, 0.717) is 16.3 Å². The molecule has 0 aliphatic rings. The number of anilines is 1. The van der Waals surface area contributed by atoms with Crippen LogP contribution in [0.4, 0.5) is 5.69 Å². The van der Waals surface area contributed by atoms with Gasteiger partial charge in [0.05, 0.1) is 24.2 Å². The summed E-state index contributed by atoms with van der Waals surface area (Å²) in [6, 6.07) is 9.70. The first kappa shape index (κ1) is 19.1. The third-order valence-corrected chi connectivity index (χ3v) is 5.37. The molecule has 4 aromatic rings. The fourth-order valence-corrected chi connectivity index (χ4v) is 3.75. The maximum atomic E-state index is 12.8. The van der Waals surface area contributed by atoms with E-state index in [2.05, 4.69) is 14.9 Å². The molecule has 1 amide bonds. The number of hydrogen-bond acceptors (Lipinski definition) is 6. The second kappa shape index (κ2) is 8.00. The number of aryl methyl sites for hydroxylation is 2. The smallest absolute Gasteiger partial charge is 0.269 e. The van der Waals surface area contributed by atoms with Crippen LogP contribution in [0.25, 0.3) is 16.9 Å². The summed E-state index contributed by atoms with van der Waals surface area (Å²) in [5.74, 6) is 0.348. The molecule has 0 saturated carbocycles. The summed E-state index contributed by atoms with van der Waals surface area (Å²) in [7, 11) is 1.58. The van der Waals surface area contributed by atoms with Gasteiger partial charge >= 0.3 is 0 Å². The Labute approximate surface area is 172 Å². The van der Waals surface area contributed by atoms with Crippen molar-refractivity contribution in [1.82, 2.24) is 19.0 Å². The molecular weight excluding hydrogens is 386 g/mol. The molecule has 0 unspecified atom stereocenters. The normalized spacial score (nSPS) is 11.0. The molecule has 1 aromatic carbocycles. The minimum Gasteiger partial charge on any atom is -0.495 e. The van der Waals surface area contributed by atoms with Gasteiger partial charge in [0.25, 0.3) is 5.91 Å². The van der Waals surface area contributed by atoms with E-state index in [0.717, 1.165) is 52.5 Å². The zero-order chi connectivity index (χ0) is 20.4. The number of carbonyl (C=O) groups is 1. The van der Waals surface area contributed by atoms with Gasteiger partial charge in [-0.3, -0.25) is 4.79 Å². The molecule has 1 N–H and O–H groups in total. The minimum absolute atomic E-state index is 0.232. The molecule has 0 saturated heterocycles. The van der Waals surface area contributed by atoms with Crippen molar-refractivity contribution in [3.05, 3.63) is 58.9 Å². The molecule has 7 nitrogen and oxygen atoms in total. The van der Waals surface area contributed by atoms with E-state index < -0.39 is 0 Å². The highest BCUT2D eigenvalue weighted by Gasteiger charge is 2.18. The van der Waals surface area contributed by atoms with Gasteiger partial charge < -0.3 is 14.5 Å². The lowest BCUT2D eigenvalue weighted by Crippen LogP contribution is -2.13. The first-order valence-corrected chi connectivity index (χ1v) is 10.1. The van der Waals surface area contributed by atoms with Crippen molar-refractivity contribution in [2.45, 2.75) is 26.7 Å². The highest BCUT2D eigenvalue weighted by molar-refractivity contribution is 7.08. The molecule has 3 aromatic heterocycles. The Morgan fingerprint density at radius 2 is 2.14 bits per heavy atom. The van der Waals surface area contributed by atoms with Crippen molar-refractivity contribution in [1.29, 1.82) is 0 Å². The maximum Gasteiger partial charge on any atom is 0.269 e. The molecule has 0 fully saturated rings. The number of carbonyl (C=O) groups excluding carboxylic acids is 1. The van der Waals surface area contributed by atoms with E-state index in [1.807, 2.05) is 61.0 Å². The SMILES string of the molecule is CCCc1nnsc1C(=O)Nc1cc(-c2cn3ccc(C)cc3n2)ccc1OC. The number of hydrogen-bond donors (Lipinski definition) is 1. The number of nitrogens with one attached hydrogen (secondary N) is 1. The van der Waals surface area contributed by atoms with Crippen LogP contribution in [-0.2, 0) is 6.42 Å². The standard InChI is InChI=1S/C21H21N5O2S/c1-4-5-15-20(29-25-24-15)21(27)23-16-11-14(6-7-18(16)28-3)17-12-26-9-8-13(2)10-19(26)22-17/h6-12H,4-5H2,1-3H3,(H,23,27). The molecule has 0 spiro atoms. The Hall–Kier alpha value is -3.26. The number of methoxy groups -OCH3 is 1. The Morgan fingerprint density at radius 1 is 1.28 bits per heavy atom. The van der Waals surface area contributed by atoms with E-state index in [9.17, 15) is 4.79 Å². The number of benzene rings is 1. The second-order valence-electron chi connectivity index (χ2n) is 6.76. The van der Waals surface area contributed by atoms with Crippen LogP contribution in [0.5, 0.6) is 5.75 Å². The van der Waals surface area contributed by atoms with Crippen molar-refractivity contribution in [3.8, 4) is 17.0 Å². The number of nitrogens with zero attached hydrogens (tertiary/aromatic N) is 4. The molecule has 4 rings (SSSR count). The van der Waals surface area contributed by atoms with Crippen LogP contribution in [0.2, 0.25) is 0 Å². The van der Waals surface area contributed by atoms with Crippen molar-refractivity contribution < 1.29 is 9.53 Å². The van der Waals surface area contributed by atoms with Crippen LogP contribution in [0.3, 0.4) is 0 Å². The Morgan fingerprint density at radius 3 is 2.93 bits per heavy atom. The predicted octanol–water partition coefficient (Wildman–Crippen LogP) is 4.37. The van der Waals surface area contributed by atoms with E-state index >= 15 is 0 Å². The average molecular weight is 407 g/mol. The maximum absolute atomic E-state index is 12.8. The average Bonchev–Trinajstić information content (AvgIpc) is 3.34. The number of ether oxygens (including phenoxy) is 1. The molecule has 3 heterocycles. The number of amides is 1. The first-order chi connectivity index (χ1) is 14.1. The summed E-state index contributed by atoms with van der Waals surface area (Å²) in [6.07, 6.45) is 5.57. The monoisotopic (exact) mass is 407 g/mol. The Balaban J connectivity index is 1.67. The highest BCUT2D eigenvalue weighted by Crippen LogP contribution is 2.31. The number of aromatic nitrogens is 4. The molecule has 29 heavy (non-hydrogen) atoms. The zero-order valence-electron chi connectivity index (χ0n) is 16.5. The minimum atomic E-state index is -0.232. The van der Waals surface area contributed by atoms with Gasteiger partial charge in [-0.15, -0.1) is 5.10 Å². The summed E-state index contributed by atoms with van der Waals surface area (Å²) < 4.78 is 11.3. The van der Waals surface area contributed by atoms with Crippen molar-refractivity contribution >= 4 is 28.8 Å². The topological polar surface area (TPSA) is 81.4 Å². The lowest BCUT2D eigenvalue weighted by Gasteiger charge is -2.11. The molecule has 148 valence electrons. The molecule has 0 atom stereocenters.